The van der Waals surface area contributed by atoms with Gasteiger partial charge >= 0.3 is 0 Å². The molecule has 1 rings (SSSR count). The molecule has 15 heavy (non-hydrogen) atoms. The maximum absolute atomic E-state index is 5.16. The Balaban J connectivity index is 0.000000921. The minimum absolute atomic E-state index is 0.443. The van der Waals surface area contributed by atoms with Gasteiger partial charge in [-0.15, -0.1) is 6.42 Å². The molecular formula is C14H21N. The van der Waals surface area contributed by atoms with Gasteiger partial charge in [0.15, 0.2) is 0 Å². The van der Waals surface area contributed by atoms with Gasteiger partial charge in [0.25, 0.3) is 0 Å². The molecule has 0 fully saturated rings. The molecule has 0 heterocycles. The van der Waals surface area contributed by atoms with Crippen LogP contribution < -0.4 is 5.32 Å². The minimum Gasteiger partial charge on any atom is -0.303 e. The zero-order chi connectivity index (χ0) is 11.5. The summed E-state index contributed by atoms with van der Waals surface area (Å²) in [7, 11) is 0. The lowest BCUT2D eigenvalue weighted by molar-refractivity contribution is 0.585. The second-order valence-corrected chi connectivity index (χ2v) is 3.18. The van der Waals surface area contributed by atoms with E-state index in [1.54, 1.807) is 0 Å². The molecule has 1 aromatic carbocycles. The van der Waals surface area contributed by atoms with Gasteiger partial charge in [0.1, 0.15) is 0 Å². The molecule has 0 bridgehead atoms. The van der Waals surface area contributed by atoms with Gasteiger partial charge in [0.05, 0.1) is 6.54 Å². The van der Waals surface area contributed by atoms with E-state index in [0.29, 0.717) is 12.6 Å². The highest BCUT2D eigenvalue weighted by Gasteiger charge is 2.00. The number of rotatable bonds is 4. The van der Waals surface area contributed by atoms with Crippen LogP contribution in [-0.4, -0.2) is 12.6 Å². The van der Waals surface area contributed by atoms with Gasteiger partial charge in [0.2, 0.25) is 0 Å². The number of terminal acetylenes is 1. The van der Waals surface area contributed by atoms with E-state index in [4.69, 9.17) is 6.42 Å². The quantitative estimate of drug-likeness (QED) is 0.742. The standard InChI is InChI=1S/C12H15N.C2H6/c1-3-9-13-11(2)10-12-7-5-4-6-8-12;1-2/h1,4-8,11,13H,9-10H2,2H3;1-2H3/t11-;/m1./s1. The Kier molecular flexibility index (Phi) is 8.52. The number of hydrogen-bond donors (Lipinski definition) is 1. The van der Waals surface area contributed by atoms with Gasteiger partial charge in [-0.2, -0.15) is 0 Å². The molecule has 1 aromatic rings. The normalized spacial score (nSPS) is 10.8. The van der Waals surface area contributed by atoms with Crippen LogP contribution in [0.1, 0.15) is 26.3 Å². The average molecular weight is 203 g/mol. The van der Waals surface area contributed by atoms with Crippen LogP contribution in [0.5, 0.6) is 0 Å². The van der Waals surface area contributed by atoms with Gasteiger partial charge in [-0.25, -0.2) is 0 Å². The van der Waals surface area contributed by atoms with Crippen LogP contribution in [0.3, 0.4) is 0 Å². The van der Waals surface area contributed by atoms with Crippen LogP contribution in [0.15, 0.2) is 30.3 Å². The van der Waals surface area contributed by atoms with Crippen LogP contribution in [0.2, 0.25) is 0 Å². The van der Waals surface area contributed by atoms with E-state index in [-0.39, 0.29) is 0 Å². The Morgan fingerprint density at radius 3 is 2.40 bits per heavy atom. The maximum atomic E-state index is 5.16. The summed E-state index contributed by atoms with van der Waals surface area (Å²) in [5.41, 5.74) is 1.35. The van der Waals surface area contributed by atoms with E-state index >= 15 is 0 Å². The average Bonchev–Trinajstić information content (AvgIpc) is 2.30. The van der Waals surface area contributed by atoms with Crippen molar-refractivity contribution in [1.29, 1.82) is 0 Å². The van der Waals surface area contributed by atoms with Gasteiger partial charge in [0, 0.05) is 6.04 Å². The number of nitrogens with one attached hydrogen (secondary N) is 1. The second kappa shape index (κ2) is 9.30. The molecule has 0 spiro atoms. The van der Waals surface area contributed by atoms with Gasteiger partial charge in [-0.3, -0.25) is 0 Å². The van der Waals surface area contributed by atoms with Crippen molar-refractivity contribution in [2.45, 2.75) is 33.2 Å². The van der Waals surface area contributed by atoms with Gasteiger partial charge in [-0.1, -0.05) is 50.1 Å². The van der Waals surface area contributed by atoms with E-state index in [1.165, 1.54) is 5.56 Å². The summed E-state index contributed by atoms with van der Waals surface area (Å²) >= 11 is 0. The highest BCUT2D eigenvalue weighted by atomic mass is 14.9. The summed E-state index contributed by atoms with van der Waals surface area (Å²) in [5, 5.41) is 3.24. The lowest BCUT2D eigenvalue weighted by atomic mass is 10.1. The number of hydrogen-bond acceptors (Lipinski definition) is 1. The smallest absolute Gasteiger partial charge is 0.0575 e. The van der Waals surface area contributed by atoms with Gasteiger partial charge < -0.3 is 5.32 Å². The molecule has 1 atom stereocenters. The Morgan fingerprint density at radius 1 is 1.27 bits per heavy atom. The summed E-state index contributed by atoms with van der Waals surface area (Å²) in [4.78, 5) is 0. The molecule has 1 nitrogen and oxygen atoms in total. The largest absolute Gasteiger partial charge is 0.303 e. The third kappa shape index (κ3) is 6.76. The zero-order valence-electron chi connectivity index (χ0n) is 9.96. The summed E-state index contributed by atoms with van der Waals surface area (Å²) in [6.45, 7) is 6.79. The molecule has 0 aromatic heterocycles. The fourth-order valence-corrected chi connectivity index (χ4v) is 1.27. The van der Waals surface area contributed by atoms with Crippen LogP contribution in [0, 0.1) is 12.3 Å². The summed E-state index contributed by atoms with van der Waals surface area (Å²) in [5.74, 6) is 2.57. The maximum Gasteiger partial charge on any atom is 0.0575 e. The first kappa shape index (κ1) is 13.7. The first-order valence-corrected chi connectivity index (χ1v) is 5.53. The van der Waals surface area contributed by atoms with Crippen LogP contribution in [-0.2, 0) is 6.42 Å². The zero-order valence-corrected chi connectivity index (χ0v) is 9.96. The van der Waals surface area contributed by atoms with Crippen LogP contribution >= 0.6 is 0 Å². The molecule has 1 heteroatoms. The fraction of sp³-hybridized carbons (Fsp3) is 0.429. The van der Waals surface area contributed by atoms with Crippen molar-refractivity contribution < 1.29 is 0 Å². The predicted molar refractivity (Wildman–Crippen MR) is 67.8 cm³/mol. The topological polar surface area (TPSA) is 12.0 Å². The molecule has 0 aliphatic heterocycles. The first-order chi connectivity index (χ1) is 7.33. The molecule has 0 aliphatic carbocycles. The summed E-state index contributed by atoms with van der Waals surface area (Å²) in [6, 6.07) is 10.9. The monoisotopic (exact) mass is 203 g/mol. The molecular weight excluding hydrogens is 182 g/mol. The fourth-order valence-electron chi connectivity index (χ4n) is 1.27. The first-order valence-electron chi connectivity index (χ1n) is 5.53. The summed E-state index contributed by atoms with van der Waals surface area (Å²) < 4.78 is 0. The summed E-state index contributed by atoms with van der Waals surface area (Å²) in [6.07, 6.45) is 6.19. The highest BCUT2D eigenvalue weighted by molar-refractivity contribution is 5.15. The third-order valence-corrected chi connectivity index (χ3v) is 1.94. The molecule has 0 aliphatic rings. The predicted octanol–water partition coefficient (Wildman–Crippen LogP) is 2.87. The molecule has 0 saturated heterocycles. The Bertz CT molecular complexity index is 271. The van der Waals surface area contributed by atoms with Crippen molar-refractivity contribution in [3.63, 3.8) is 0 Å². The molecule has 0 radical (unpaired) electrons. The minimum atomic E-state index is 0.443. The van der Waals surface area contributed by atoms with Crippen molar-refractivity contribution >= 4 is 0 Å². The van der Waals surface area contributed by atoms with Crippen LogP contribution in [0.25, 0.3) is 0 Å². The van der Waals surface area contributed by atoms with Crippen molar-refractivity contribution in [2.75, 3.05) is 6.54 Å². The second-order valence-electron chi connectivity index (χ2n) is 3.18. The Morgan fingerprint density at radius 2 is 1.87 bits per heavy atom. The Labute approximate surface area is 93.9 Å². The lowest BCUT2D eigenvalue weighted by Gasteiger charge is -2.11. The van der Waals surface area contributed by atoms with E-state index in [0.717, 1.165) is 6.42 Å². The molecule has 0 saturated carbocycles. The van der Waals surface area contributed by atoms with Crippen molar-refractivity contribution in [2.24, 2.45) is 0 Å². The Hall–Kier alpha value is -1.26. The van der Waals surface area contributed by atoms with Crippen molar-refractivity contribution in [1.82, 2.24) is 5.32 Å². The SMILES string of the molecule is C#CCN[C@H](C)Cc1ccccc1.CC. The van der Waals surface area contributed by atoms with E-state index < -0.39 is 0 Å². The van der Waals surface area contributed by atoms with Crippen molar-refractivity contribution in [3.8, 4) is 12.3 Å². The molecule has 0 unspecified atom stereocenters. The lowest BCUT2D eigenvalue weighted by Crippen LogP contribution is -2.28. The van der Waals surface area contributed by atoms with Crippen LogP contribution in [0.4, 0.5) is 0 Å². The molecule has 1 N–H and O–H groups in total. The number of benzene rings is 1. The van der Waals surface area contributed by atoms with Gasteiger partial charge in [-0.05, 0) is 18.9 Å². The van der Waals surface area contributed by atoms with E-state index in [1.807, 2.05) is 19.9 Å². The third-order valence-electron chi connectivity index (χ3n) is 1.94. The molecule has 82 valence electrons. The van der Waals surface area contributed by atoms with Crippen molar-refractivity contribution in [3.05, 3.63) is 35.9 Å². The van der Waals surface area contributed by atoms with E-state index in [9.17, 15) is 0 Å². The highest BCUT2D eigenvalue weighted by Crippen LogP contribution is 2.01. The molecule has 0 amide bonds. The van der Waals surface area contributed by atoms with E-state index in [2.05, 4.69) is 42.4 Å².